The summed E-state index contributed by atoms with van der Waals surface area (Å²) >= 11 is 4.72. The number of halogens is 2. The summed E-state index contributed by atoms with van der Waals surface area (Å²) < 4.78 is 16.4. The maximum atomic E-state index is 5.96. The first-order valence-electron chi connectivity index (χ1n) is 7.56. The molecule has 1 aromatic heterocycles. The first-order chi connectivity index (χ1) is 10.7. The fourth-order valence-corrected chi connectivity index (χ4v) is 4.17. The highest BCUT2D eigenvalue weighted by atomic mass is 127. The molecule has 0 aliphatic heterocycles. The predicted molar refractivity (Wildman–Crippen MR) is 107 cm³/mol. The fourth-order valence-electron chi connectivity index (χ4n) is 2.08. The van der Waals surface area contributed by atoms with Crippen molar-refractivity contribution in [3.63, 3.8) is 0 Å². The molecule has 1 aromatic carbocycles. The lowest BCUT2D eigenvalue weighted by molar-refractivity contribution is 0.268. The molecule has 0 amide bonds. The van der Waals surface area contributed by atoms with E-state index in [0.717, 1.165) is 38.3 Å². The summed E-state index contributed by atoms with van der Waals surface area (Å²) in [6.45, 7) is 6.49. The largest absolute Gasteiger partial charge is 0.487 e. The van der Waals surface area contributed by atoms with E-state index < -0.39 is 0 Å². The van der Waals surface area contributed by atoms with Gasteiger partial charge in [0.05, 0.1) is 13.2 Å². The van der Waals surface area contributed by atoms with E-state index in [4.69, 9.17) is 9.47 Å². The molecule has 120 valence electrons. The van der Waals surface area contributed by atoms with Crippen LogP contribution in [0.1, 0.15) is 32.3 Å². The summed E-state index contributed by atoms with van der Waals surface area (Å²) in [7, 11) is 0. The molecule has 2 aromatic rings. The highest BCUT2D eigenvalue weighted by molar-refractivity contribution is 14.1. The van der Waals surface area contributed by atoms with Gasteiger partial charge in [-0.2, -0.15) is 0 Å². The lowest BCUT2D eigenvalue weighted by Crippen LogP contribution is -2.04. The molecule has 0 saturated carbocycles. The van der Waals surface area contributed by atoms with Crippen molar-refractivity contribution in [2.75, 3.05) is 13.2 Å². The zero-order valence-electron chi connectivity index (χ0n) is 12.9. The molecular weight excluding hydrogens is 504 g/mol. The van der Waals surface area contributed by atoms with Gasteiger partial charge in [-0.25, -0.2) is 0 Å². The number of ether oxygens (including phenoxy) is 2. The van der Waals surface area contributed by atoms with Crippen LogP contribution in [0.3, 0.4) is 0 Å². The number of benzene rings is 1. The Morgan fingerprint density at radius 2 is 1.36 bits per heavy atom. The van der Waals surface area contributed by atoms with E-state index in [1.54, 1.807) is 0 Å². The second-order valence-electron chi connectivity index (χ2n) is 5.01. The van der Waals surface area contributed by atoms with E-state index in [9.17, 15) is 0 Å². The van der Waals surface area contributed by atoms with E-state index in [0.29, 0.717) is 13.2 Å². The SMILES string of the molecule is CCCOc1c(OCCC)c(I)n(Cc2ccccc2)c1I. The van der Waals surface area contributed by atoms with Crippen molar-refractivity contribution in [3.8, 4) is 11.5 Å². The number of aromatic nitrogens is 1. The van der Waals surface area contributed by atoms with Crippen LogP contribution in [0.4, 0.5) is 0 Å². The molecule has 0 atom stereocenters. The molecule has 0 unspecified atom stereocenters. The maximum Gasteiger partial charge on any atom is 0.194 e. The molecule has 0 bridgehead atoms. The molecule has 0 N–H and O–H groups in total. The Balaban J connectivity index is 2.34. The topological polar surface area (TPSA) is 23.4 Å². The van der Waals surface area contributed by atoms with Crippen molar-refractivity contribution in [2.24, 2.45) is 0 Å². The van der Waals surface area contributed by atoms with Gasteiger partial charge in [0.25, 0.3) is 0 Å². The molecule has 2 rings (SSSR count). The lowest BCUT2D eigenvalue weighted by atomic mass is 10.2. The molecular formula is C17H21I2NO2. The van der Waals surface area contributed by atoms with Gasteiger partial charge in [0.15, 0.2) is 11.5 Å². The van der Waals surface area contributed by atoms with Gasteiger partial charge < -0.3 is 14.0 Å². The van der Waals surface area contributed by atoms with Crippen LogP contribution in [-0.4, -0.2) is 17.8 Å². The van der Waals surface area contributed by atoms with Gasteiger partial charge >= 0.3 is 0 Å². The Morgan fingerprint density at radius 3 is 1.82 bits per heavy atom. The zero-order chi connectivity index (χ0) is 15.9. The van der Waals surface area contributed by atoms with Crippen LogP contribution in [0.2, 0.25) is 0 Å². The summed E-state index contributed by atoms with van der Waals surface area (Å²) in [6, 6.07) is 10.5. The van der Waals surface area contributed by atoms with E-state index >= 15 is 0 Å². The Kier molecular flexibility index (Phi) is 7.33. The van der Waals surface area contributed by atoms with Gasteiger partial charge in [-0.05, 0) is 63.6 Å². The van der Waals surface area contributed by atoms with Crippen molar-refractivity contribution < 1.29 is 9.47 Å². The molecule has 5 heteroatoms. The Morgan fingerprint density at radius 1 is 0.864 bits per heavy atom. The molecule has 0 radical (unpaired) electrons. The monoisotopic (exact) mass is 525 g/mol. The number of hydrogen-bond acceptors (Lipinski definition) is 2. The number of nitrogens with zero attached hydrogens (tertiary/aromatic N) is 1. The number of hydrogen-bond donors (Lipinski definition) is 0. The summed E-state index contributed by atoms with van der Waals surface area (Å²) in [6.07, 6.45) is 1.98. The predicted octanol–water partition coefficient (Wildman–Crippen LogP) is 5.32. The van der Waals surface area contributed by atoms with Crippen molar-refractivity contribution in [1.82, 2.24) is 4.57 Å². The van der Waals surface area contributed by atoms with Gasteiger partial charge in [0.2, 0.25) is 0 Å². The van der Waals surface area contributed by atoms with Crippen molar-refractivity contribution in [1.29, 1.82) is 0 Å². The molecule has 1 heterocycles. The maximum absolute atomic E-state index is 5.96. The molecule has 0 fully saturated rings. The van der Waals surface area contributed by atoms with Crippen molar-refractivity contribution in [2.45, 2.75) is 33.2 Å². The summed E-state index contributed by atoms with van der Waals surface area (Å²) in [5, 5.41) is 0. The standard InChI is InChI=1S/C17H21I2NO2/c1-3-10-21-14-15(22-11-4-2)17(19)20(16(14)18)12-13-8-6-5-7-9-13/h5-9H,3-4,10-12H2,1-2H3. The normalized spacial score (nSPS) is 10.7. The minimum Gasteiger partial charge on any atom is -0.487 e. The van der Waals surface area contributed by atoms with Crippen LogP contribution in [0.25, 0.3) is 0 Å². The van der Waals surface area contributed by atoms with E-state index in [2.05, 4.69) is 87.9 Å². The first-order valence-corrected chi connectivity index (χ1v) is 9.71. The molecule has 0 spiro atoms. The van der Waals surface area contributed by atoms with E-state index in [-0.39, 0.29) is 0 Å². The van der Waals surface area contributed by atoms with E-state index in [1.165, 1.54) is 5.56 Å². The van der Waals surface area contributed by atoms with Crippen molar-refractivity contribution in [3.05, 3.63) is 43.3 Å². The smallest absolute Gasteiger partial charge is 0.194 e. The minimum absolute atomic E-state index is 0.712. The highest BCUT2D eigenvalue weighted by Crippen LogP contribution is 2.40. The van der Waals surface area contributed by atoms with Crippen LogP contribution < -0.4 is 9.47 Å². The van der Waals surface area contributed by atoms with Crippen LogP contribution in [-0.2, 0) is 6.54 Å². The van der Waals surface area contributed by atoms with Crippen molar-refractivity contribution >= 4 is 45.2 Å². The molecule has 0 aliphatic rings. The first kappa shape index (κ1) is 17.9. The molecule has 0 saturated heterocycles. The van der Waals surface area contributed by atoms with Crippen LogP contribution in [0.5, 0.6) is 11.5 Å². The quantitative estimate of drug-likeness (QED) is 0.436. The van der Waals surface area contributed by atoms with Gasteiger partial charge in [-0.15, -0.1) is 0 Å². The third-order valence-electron chi connectivity index (χ3n) is 3.14. The average Bonchev–Trinajstić information content (AvgIpc) is 2.76. The van der Waals surface area contributed by atoms with Crippen LogP contribution >= 0.6 is 45.2 Å². The molecule has 22 heavy (non-hydrogen) atoms. The third-order valence-corrected chi connectivity index (χ3v) is 5.28. The Labute approximate surface area is 159 Å². The van der Waals surface area contributed by atoms with E-state index in [1.807, 2.05) is 6.07 Å². The summed E-state index contributed by atoms with van der Waals surface area (Å²) in [5.41, 5.74) is 1.28. The molecule has 3 nitrogen and oxygen atoms in total. The van der Waals surface area contributed by atoms with Crippen LogP contribution in [0, 0.1) is 7.40 Å². The van der Waals surface area contributed by atoms with Gasteiger partial charge in [-0.1, -0.05) is 44.2 Å². The minimum atomic E-state index is 0.712. The summed E-state index contributed by atoms with van der Waals surface area (Å²) in [5.74, 6) is 1.77. The molecule has 0 aliphatic carbocycles. The van der Waals surface area contributed by atoms with Gasteiger partial charge in [0.1, 0.15) is 7.40 Å². The summed E-state index contributed by atoms with van der Waals surface area (Å²) in [4.78, 5) is 0. The van der Waals surface area contributed by atoms with Gasteiger partial charge in [-0.3, -0.25) is 0 Å². The average molecular weight is 525 g/mol. The zero-order valence-corrected chi connectivity index (χ0v) is 17.3. The highest BCUT2D eigenvalue weighted by Gasteiger charge is 2.22. The third kappa shape index (κ3) is 4.31. The second kappa shape index (κ2) is 9.00. The second-order valence-corrected chi connectivity index (χ2v) is 7.05. The fraction of sp³-hybridized carbons (Fsp3) is 0.412. The number of rotatable bonds is 8. The Bertz CT molecular complexity index is 565. The Hall–Kier alpha value is -0.440. The van der Waals surface area contributed by atoms with Gasteiger partial charge in [0, 0.05) is 6.54 Å². The van der Waals surface area contributed by atoms with Crippen LogP contribution in [0.15, 0.2) is 30.3 Å². The lowest BCUT2D eigenvalue weighted by Gasteiger charge is -2.08.